The first-order valence-electron chi connectivity index (χ1n) is 11.3. The number of amides is 2. The number of ether oxygens (including phenoxy) is 3. The quantitative estimate of drug-likeness (QED) is 0.434. The van der Waals surface area contributed by atoms with Crippen LogP contribution in [0.2, 0.25) is 0 Å². The van der Waals surface area contributed by atoms with Gasteiger partial charge in [-0.15, -0.1) is 0 Å². The number of nitrogens with one attached hydrogen (secondary N) is 2. The Hall–Kier alpha value is -2.32. The normalized spacial score (nSPS) is 15.0. The van der Waals surface area contributed by atoms with Crippen molar-refractivity contribution in [2.75, 3.05) is 46.1 Å². The van der Waals surface area contributed by atoms with Crippen molar-refractivity contribution in [1.82, 2.24) is 10.6 Å². The molecule has 0 unspecified atom stereocenters. The van der Waals surface area contributed by atoms with Crippen LogP contribution in [0.5, 0.6) is 5.75 Å². The van der Waals surface area contributed by atoms with Crippen molar-refractivity contribution in [3.05, 3.63) is 29.8 Å². The number of phenolic OH excluding ortho intramolecular Hbond substituents is 1. The molecule has 0 radical (unpaired) electrons. The van der Waals surface area contributed by atoms with E-state index in [1.807, 2.05) is 0 Å². The molecular formula is C23H36N2O6. The van der Waals surface area contributed by atoms with E-state index in [1.165, 1.54) is 44.2 Å². The van der Waals surface area contributed by atoms with E-state index in [0.717, 1.165) is 12.8 Å². The fraction of sp³-hybridized carbons (Fsp3) is 0.652. The number of carbonyl (C=O) groups is 2. The standard InChI is InChI=1S/C23H36N2O6/c26-21-10-6-9-20(17-21)22(27)24-11-13-29-15-16-30-14-12-25-23(28)31-18-19-7-4-2-1-3-5-8-19/h6,9-10,17,19,26H,1-5,7-8,11-16,18H2,(H,24,27)(H,25,28). The van der Waals surface area contributed by atoms with Gasteiger partial charge in [0.1, 0.15) is 5.75 Å². The molecule has 0 aliphatic heterocycles. The molecule has 0 atom stereocenters. The number of aromatic hydroxyl groups is 1. The molecule has 8 nitrogen and oxygen atoms in total. The summed E-state index contributed by atoms with van der Waals surface area (Å²) in [5.74, 6) is 0.283. The highest BCUT2D eigenvalue weighted by Gasteiger charge is 2.13. The van der Waals surface area contributed by atoms with Crippen molar-refractivity contribution in [2.24, 2.45) is 5.92 Å². The smallest absolute Gasteiger partial charge is 0.407 e. The lowest BCUT2D eigenvalue weighted by Crippen LogP contribution is -2.30. The van der Waals surface area contributed by atoms with Gasteiger partial charge in [-0.2, -0.15) is 0 Å². The Morgan fingerprint density at radius 3 is 2.23 bits per heavy atom. The first kappa shape index (κ1) is 24.9. The number of phenols is 1. The summed E-state index contributed by atoms with van der Waals surface area (Å²) in [5, 5.41) is 14.8. The van der Waals surface area contributed by atoms with E-state index in [-0.39, 0.29) is 17.7 Å². The lowest BCUT2D eigenvalue weighted by molar-refractivity contribution is 0.0483. The van der Waals surface area contributed by atoms with E-state index < -0.39 is 0 Å². The summed E-state index contributed by atoms with van der Waals surface area (Å²) in [6.07, 6.45) is 8.28. The molecule has 0 saturated heterocycles. The summed E-state index contributed by atoms with van der Waals surface area (Å²) in [6, 6.07) is 6.17. The van der Waals surface area contributed by atoms with Crippen molar-refractivity contribution in [1.29, 1.82) is 0 Å². The van der Waals surface area contributed by atoms with Crippen molar-refractivity contribution >= 4 is 12.0 Å². The van der Waals surface area contributed by atoms with Crippen molar-refractivity contribution in [3.8, 4) is 5.75 Å². The van der Waals surface area contributed by atoms with Gasteiger partial charge in [-0.25, -0.2) is 4.79 Å². The monoisotopic (exact) mass is 436 g/mol. The van der Waals surface area contributed by atoms with Gasteiger partial charge >= 0.3 is 6.09 Å². The number of rotatable bonds is 12. The maximum absolute atomic E-state index is 11.9. The highest BCUT2D eigenvalue weighted by molar-refractivity contribution is 5.94. The Labute approximate surface area is 184 Å². The van der Waals surface area contributed by atoms with Gasteiger partial charge < -0.3 is 30.0 Å². The van der Waals surface area contributed by atoms with Gasteiger partial charge in [0.2, 0.25) is 0 Å². The van der Waals surface area contributed by atoms with Crippen molar-refractivity contribution < 1.29 is 28.9 Å². The molecule has 8 heteroatoms. The number of benzene rings is 1. The molecule has 1 fully saturated rings. The summed E-state index contributed by atoms with van der Waals surface area (Å²) in [7, 11) is 0. The SMILES string of the molecule is O=C(NCCOCCOCCNC(=O)c1cccc(O)c1)OCC1CCCCCCC1. The molecule has 2 amide bonds. The van der Waals surface area contributed by atoms with Gasteiger partial charge in [0.15, 0.2) is 0 Å². The Morgan fingerprint density at radius 2 is 1.55 bits per heavy atom. The minimum absolute atomic E-state index is 0.0544. The predicted octanol–water partition coefficient (Wildman–Crippen LogP) is 3.24. The average molecular weight is 437 g/mol. The topological polar surface area (TPSA) is 106 Å². The molecule has 0 aromatic heterocycles. The Bertz CT molecular complexity index is 647. The minimum atomic E-state index is -0.385. The molecule has 1 aliphatic carbocycles. The van der Waals surface area contributed by atoms with Gasteiger partial charge in [-0.3, -0.25) is 4.79 Å². The molecule has 2 rings (SSSR count). The van der Waals surface area contributed by atoms with Crippen LogP contribution in [0.15, 0.2) is 24.3 Å². The van der Waals surface area contributed by atoms with Crippen LogP contribution in [-0.2, 0) is 14.2 Å². The Kier molecular flexibility index (Phi) is 12.5. The van der Waals surface area contributed by atoms with Crippen LogP contribution >= 0.6 is 0 Å². The van der Waals surface area contributed by atoms with Crippen LogP contribution in [0, 0.1) is 5.92 Å². The predicted molar refractivity (Wildman–Crippen MR) is 117 cm³/mol. The molecule has 1 aliphatic rings. The zero-order valence-electron chi connectivity index (χ0n) is 18.3. The molecule has 0 bridgehead atoms. The van der Waals surface area contributed by atoms with E-state index in [0.29, 0.717) is 57.6 Å². The second-order valence-electron chi connectivity index (χ2n) is 7.77. The number of alkyl carbamates (subject to hydrolysis) is 1. The average Bonchev–Trinajstić information content (AvgIpc) is 2.74. The fourth-order valence-electron chi connectivity index (χ4n) is 3.49. The van der Waals surface area contributed by atoms with Crippen LogP contribution in [0.4, 0.5) is 4.79 Å². The second kappa shape index (κ2) is 15.5. The zero-order valence-corrected chi connectivity index (χ0v) is 18.3. The third-order valence-electron chi connectivity index (χ3n) is 5.20. The summed E-state index contributed by atoms with van der Waals surface area (Å²) in [6.45, 7) is 2.80. The molecule has 0 heterocycles. The number of carbonyl (C=O) groups excluding carboxylic acids is 2. The number of hydrogen-bond acceptors (Lipinski definition) is 6. The summed E-state index contributed by atoms with van der Waals surface area (Å²) < 4.78 is 16.1. The molecule has 3 N–H and O–H groups in total. The largest absolute Gasteiger partial charge is 0.508 e. The van der Waals surface area contributed by atoms with Gasteiger partial charge in [0, 0.05) is 18.7 Å². The molecular weight excluding hydrogens is 400 g/mol. The van der Waals surface area contributed by atoms with Gasteiger partial charge in [0.25, 0.3) is 5.91 Å². The lowest BCUT2D eigenvalue weighted by Gasteiger charge is -2.19. The van der Waals surface area contributed by atoms with Crippen LogP contribution in [-0.4, -0.2) is 63.2 Å². The van der Waals surface area contributed by atoms with Crippen LogP contribution in [0.1, 0.15) is 55.3 Å². The maximum Gasteiger partial charge on any atom is 0.407 e. The third kappa shape index (κ3) is 11.6. The first-order valence-corrected chi connectivity index (χ1v) is 11.3. The molecule has 0 spiro atoms. The highest BCUT2D eigenvalue weighted by atomic mass is 16.5. The molecule has 1 saturated carbocycles. The zero-order chi connectivity index (χ0) is 22.2. The highest BCUT2D eigenvalue weighted by Crippen LogP contribution is 2.22. The summed E-state index contributed by atoms with van der Waals surface area (Å²) >= 11 is 0. The van der Waals surface area contributed by atoms with Crippen molar-refractivity contribution in [2.45, 2.75) is 44.9 Å². The lowest BCUT2D eigenvalue weighted by atomic mass is 9.92. The third-order valence-corrected chi connectivity index (χ3v) is 5.20. The maximum atomic E-state index is 11.9. The van der Waals surface area contributed by atoms with Crippen molar-refractivity contribution in [3.63, 3.8) is 0 Å². The fourth-order valence-corrected chi connectivity index (χ4v) is 3.49. The second-order valence-corrected chi connectivity index (χ2v) is 7.77. The van der Waals surface area contributed by atoms with E-state index >= 15 is 0 Å². The van der Waals surface area contributed by atoms with Gasteiger partial charge in [-0.1, -0.05) is 38.2 Å². The van der Waals surface area contributed by atoms with Crippen LogP contribution < -0.4 is 10.6 Å². The van der Waals surface area contributed by atoms with Gasteiger partial charge in [0.05, 0.1) is 33.0 Å². The Morgan fingerprint density at radius 1 is 0.903 bits per heavy atom. The summed E-state index contributed by atoms with van der Waals surface area (Å²) in [5.41, 5.74) is 0.402. The molecule has 174 valence electrons. The van der Waals surface area contributed by atoms with E-state index in [9.17, 15) is 14.7 Å². The Balaban J connectivity index is 1.38. The molecule has 31 heavy (non-hydrogen) atoms. The number of hydrogen-bond donors (Lipinski definition) is 3. The molecule has 1 aromatic carbocycles. The summed E-state index contributed by atoms with van der Waals surface area (Å²) in [4.78, 5) is 23.6. The van der Waals surface area contributed by atoms with Crippen LogP contribution in [0.25, 0.3) is 0 Å². The first-order chi connectivity index (χ1) is 15.1. The molecule has 1 aromatic rings. The minimum Gasteiger partial charge on any atom is -0.508 e. The van der Waals surface area contributed by atoms with E-state index in [2.05, 4.69) is 10.6 Å². The van der Waals surface area contributed by atoms with Gasteiger partial charge in [-0.05, 0) is 37.0 Å². The van der Waals surface area contributed by atoms with E-state index in [1.54, 1.807) is 12.1 Å². The van der Waals surface area contributed by atoms with Crippen LogP contribution in [0.3, 0.4) is 0 Å². The van der Waals surface area contributed by atoms with E-state index in [4.69, 9.17) is 14.2 Å².